The molecule has 2 heterocycles. The molecule has 2 aliphatic heterocycles. The molecule has 0 aliphatic carbocycles. The first-order chi connectivity index (χ1) is 15.0. The van der Waals surface area contributed by atoms with Gasteiger partial charge in [-0.3, -0.25) is 9.59 Å². The van der Waals surface area contributed by atoms with Crippen LogP contribution in [0, 0.1) is 0 Å². The summed E-state index contributed by atoms with van der Waals surface area (Å²) in [7, 11) is 3.17. The molecule has 1 N–H and O–H groups in total. The van der Waals surface area contributed by atoms with Gasteiger partial charge in [0, 0.05) is 12.6 Å². The number of benzene rings is 3. The molecule has 2 atom stereocenters. The zero-order chi connectivity index (χ0) is 21.8. The fourth-order valence-corrected chi connectivity index (χ4v) is 4.80. The molecule has 0 bridgehead atoms. The van der Waals surface area contributed by atoms with Crippen LogP contribution in [-0.2, 0) is 21.7 Å². The minimum absolute atomic E-state index is 0.306. The van der Waals surface area contributed by atoms with E-state index in [2.05, 4.69) is 0 Å². The number of nitrogens with zero attached hydrogens (tertiary/aromatic N) is 2. The highest BCUT2D eigenvalue weighted by Gasteiger charge is 2.60. The fourth-order valence-electron chi connectivity index (χ4n) is 4.80. The Kier molecular flexibility index (Phi) is 4.34. The largest absolute Gasteiger partial charge is 0.495 e. The van der Waals surface area contributed by atoms with Crippen LogP contribution in [0.4, 0.5) is 11.4 Å². The van der Waals surface area contributed by atoms with Gasteiger partial charge in [0.2, 0.25) is 5.91 Å². The van der Waals surface area contributed by atoms with Crippen molar-refractivity contribution in [1.82, 2.24) is 0 Å². The average molecular weight is 414 g/mol. The van der Waals surface area contributed by atoms with Crippen LogP contribution < -0.4 is 14.5 Å². The number of hydrogen-bond donors (Lipinski definition) is 1. The summed E-state index contributed by atoms with van der Waals surface area (Å²) in [6.45, 7) is 0.306. The van der Waals surface area contributed by atoms with Crippen LogP contribution in [0.15, 0.2) is 72.8 Å². The number of carbonyl (C=O) groups is 2. The highest BCUT2D eigenvalue weighted by Crippen LogP contribution is 2.55. The normalized spacial score (nSPS) is 22.0. The van der Waals surface area contributed by atoms with Crippen LogP contribution >= 0.6 is 0 Å². The molecule has 2 aliphatic rings. The predicted octanol–water partition coefficient (Wildman–Crippen LogP) is 3.19. The minimum atomic E-state index is -2.01. The lowest BCUT2D eigenvalue weighted by atomic mass is 9.78. The van der Waals surface area contributed by atoms with E-state index in [1.165, 1.54) is 12.0 Å². The van der Waals surface area contributed by atoms with Gasteiger partial charge >= 0.3 is 0 Å². The van der Waals surface area contributed by atoms with E-state index in [0.717, 1.165) is 5.56 Å². The first-order valence-electron chi connectivity index (χ1n) is 10.1. The molecule has 0 fully saturated rings. The molecule has 5 rings (SSSR count). The number of methoxy groups -OCH3 is 1. The van der Waals surface area contributed by atoms with Gasteiger partial charge in [0.25, 0.3) is 5.91 Å². The Bertz CT molecular complexity index is 1190. The summed E-state index contributed by atoms with van der Waals surface area (Å²) < 4.78 is 5.45. The number of hydrogen-bond acceptors (Lipinski definition) is 4. The Balaban J connectivity index is 1.67. The SMILES string of the molecule is COc1cccc2c1N(C)C(=O)[C@H]2[C@@]1(O)C(=O)N(Cc2ccccc2)c2ccccc21. The summed E-state index contributed by atoms with van der Waals surface area (Å²) >= 11 is 0. The fraction of sp³-hybridized carbons (Fsp3) is 0.200. The van der Waals surface area contributed by atoms with Crippen molar-refractivity contribution in [2.45, 2.75) is 18.1 Å². The van der Waals surface area contributed by atoms with Crippen molar-refractivity contribution in [3.05, 3.63) is 89.5 Å². The number of likely N-dealkylation sites (N-methyl/N-ethyl adjacent to an activating group) is 1. The van der Waals surface area contributed by atoms with E-state index in [9.17, 15) is 14.7 Å². The number of anilines is 2. The smallest absolute Gasteiger partial charge is 0.265 e. The third kappa shape index (κ3) is 2.61. The summed E-state index contributed by atoms with van der Waals surface area (Å²) in [6.07, 6.45) is 0. The molecule has 0 radical (unpaired) electrons. The summed E-state index contributed by atoms with van der Waals surface area (Å²) in [5.41, 5.74) is 1.16. The summed E-state index contributed by atoms with van der Waals surface area (Å²) in [6, 6.07) is 22.0. The number of aliphatic hydroxyl groups is 1. The topological polar surface area (TPSA) is 70.1 Å². The molecule has 3 aromatic carbocycles. The number of fused-ring (bicyclic) bond motifs is 2. The quantitative estimate of drug-likeness (QED) is 0.712. The molecule has 2 amide bonds. The Labute approximate surface area is 180 Å². The van der Waals surface area contributed by atoms with Gasteiger partial charge in [0.05, 0.1) is 25.0 Å². The molecular weight excluding hydrogens is 392 g/mol. The predicted molar refractivity (Wildman–Crippen MR) is 117 cm³/mol. The van der Waals surface area contributed by atoms with E-state index >= 15 is 0 Å². The van der Waals surface area contributed by atoms with Crippen LogP contribution in [0.25, 0.3) is 0 Å². The second-order valence-corrected chi connectivity index (χ2v) is 7.89. The molecule has 6 heteroatoms. The molecule has 3 aromatic rings. The van der Waals surface area contributed by atoms with Crippen molar-refractivity contribution < 1.29 is 19.4 Å². The maximum absolute atomic E-state index is 13.8. The zero-order valence-electron chi connectivity index (χ0n) is 17.3. The maximum Gasteiger partial charge on any atom is 0.265 e. The van der Waals surface area contributed by atoms with Gasteiger partial charge in [-0.05, 0) is 23.3 Å². The van der Waals surface area contributed by atoms with Crippen molar-refractivity contribution >= 4 is 23.2 Å². The molecule has 0 unspecified atom stereocenters. The average Bonchev–Trinajstić information content (AvgIpc) is 3.18. The monoisotopic (exact) mass is 414 g/mol. The van der Waals surface area contributed by atoms with Gasteiger partial charge in [-0.25, -0.2) is 0 Å². The molecule has 156 valence electrons. The standard InChI is InChI=1S/C25H22N2O4/c1-26-22-17(11-8-14-20(22)31-2)21(23(26)28)25(30)18-12-6-7-13-19(18)27(24(25)29)15-16-9-4-3-5-10-16/h3-14,21,30H,15H2,1-2H3/t21-,25+/m0/s1. The van der Waals surface area contributed by atoms with Gasteiger partial charge in [-0.15, -0.1) is 0 Å². The third-order valence-corrected chi connectivity index (χ3v) is 6.25. The molecule has 31 heavy (non-hydrogen) atoms. The third-order valence-electron chi connectivity index (χ3n) is 6.25. The highest BCUT2D eigenvalue weighted by molar-refractivity contribution is 6.15. The van der Waals surface area contributed by atoms with Crippen LogP contribution in [0.1, 0.15) is 22.6 Å². The van der Waals surface area contributed by atoms with E-state index in [1.54, 1.807) is 42.3 Å². The number of ether oxygens (including phenoxy) is 1. The first-order valence-corrected chi connectivity index (χ1v) is 10.1. The van der Waals surface area contributed by atoms with E-state index in [0.29, 0.717) is 34.8 Å². The van der Waals surface area contributed by atoms with Crippen molar-refractivity contribution in [3.63, 3.8) is 0 Å². The Hall–Kier alpha value is -3.64. The van der Waals surface area contributed by atoms with Crippen LogP contribution in [-0.4, -0.2) is 31.1 Å². The van der Waals surface area contributed by atoms with Crippen LogP contribution in [0.5, 0.6) is 5.75 Å². The van der Waals surface area contributed by atoms with E-state index < -0.39 is 17.4 Å². The second kappa shape index (κ2) is 6.96. The molecule has 0 saturated carbocycles. The molecule has 6 nitrogen and oxygen atoms in total. The van der Waals surface area contributed by atoms with Gasteiger partial charge in [-0.2, -0.15) is 0 Å². The Morgan fingerprint density at radius 1 is 0.968 bits per heavy atom. The molecule has 0 spiro atoms. The number of rotatable bonds is 4. The van der Waals surface area contributed by atoms with Gasteiger partial charge < -0.3 is 19.6 Å². The van der Waals surface area contributed by atoms with Crippen molar-refractivity contribution in [3.8, 4) is 5.75 Å². The number of amides is 2. The van der Waals surface area contributed by atoms with Crippen LogP contribution in [0.3, 0.4) is 0 Å². The summed E-state index contributed by atoms with van der Waals surface area (Å²) in [5.74, 6) is -1.37. The number of para-hydroxylation sites is 2. The van der Waals surface area contributed by atoms with Gasteiger partial charge in [0.1, 0.15) is 11.7 Å². The van der Waals surface area contributed by atoms with Crippen molar-refractivity contribution in [2.75, 3.05) is 24.0 Å². The maximum atomic E-state index is 13.8. The molecular formula is C25H22N2O4. The van der Waals surface area contributed by atoms with Gasteiger partial charge in [0.15, 0.2) is 5.60 Å². The van der Waals surface area contributed by atoms with Crippen molar-refractivity contribution in [2.24, 2.45) is 0 Å². The Morgan fingerprint density at radius 3 is 2.42 bits per heavy atom. The Morgan fingerprint density at radius 2 is 1.68 bits per heavy atom. The number of carbonyl (C=O) groups excluding carboxylic acids is 2. The van der Waals surface area contributed by atoms with Crippen molar-refractivity contribution in [1.29, 1.82) is 0 Å². The lowest BCUT2D eigenvalue weighted by molar-refractivity contribution is -0.144. The second-order valence-electron chi connectivity index (χ2n) is 7.89. The first kappa shape index (κ1) is 19.3. The summed E-state index contributed by atoms with van der Waals surface area (Å²) in [4.78, 5) is 30.2. The highest BCUT2D eigenvalue weighted by atomic mass is 16.5. The van der Waals surface area contributed by atoms with E-state index in [1.807, 2.05) is 42.5 Å². The lowest BCUT2D eigenvalue weighted by Gasteiger charge is -2.28. The molecule has 0 aromatic heterocycles. The van der Waals surface area contributed by atoms with E-state index in [-0.39, 0.29) is 5.91 Å². The summed E-state index contributed by atoms with van der Waals surface area (Å²) in [5, 5.41) is 12.0. The minimum Gasteiger partial charge on any atom is -0.495 e. The molecule has 0 saturated heterocycles. The zero-order valence-corrected chi connectivity index (χ0v) is 17.3. The van der Waals surface area contributed by atoms with Crippen LogP contribution in [0.2, 0.25) is 0 Å². The van der Waals surface area contributed by atoms with E-state index in [4.69, 9.17) is 4.74 Å². The lowest BCUT2D eigenvalue weighted by Crippen LogP contribution is -2.47. The van der Waals surface area contributed by atoms with Gasteiger partial charge in [-0.1, -0.05) is 60.7 Å².